The molecule has 0 fully saturated rings. The van der Waals surface area contributed by atoms with Crippen molar-refractivity contribution in [3.8, 4) is 11.1 Å². The maximum atomic E-state index is 14.0. The van der Waals surface area contributed by atoms with E-state index in [-0.39, 0.29) is 22.0 Å². The van der Waals surface area contributed by atoms with Crippen molar-refractivity contribution in [1.29, 1.82) is 0 Å². The summed E-state index contributed by atoms with van der Waals surface area (Å²) in [5, 5.41) is 14.1. The molecule has 3 rings (SSSR count). The smallest absolute Gasteiger partial charge is 0.337 e. The minimum absolute atomic E-state index is 0.0353. The molecule has 3 aromatic rings. The molecule has 0 saturated carbocycles. The molecule has 160 valence electrons. The number of benzene rings is 2. The van der Waals surface area contributed by atoms with Crippen molar-refractivity contribution in [2.75, 3.05) is 23.8 Å². The van der Waals surface area contributed by atoms with Gasteiger partial charge in [-0.1, -0.05) is 17.7 Å². The second-order valence-electron chi connectivity index (χ2n) is 6.29. The van der Waals surface area contributed by atoms with Crippen molar-refractivity contribution in [2.45, 2.75) is 0 Å². The van der Waals surface area contributed by atoms with Gasteiger partial charge in [0.15, 0.2) is 0 Å². The van der Waals surface area contributed by atoms with E-state index >= 15 is 0 Å². The second-order valence-corrected chi connectivity index (χ2v) is 6.73. The van der Waals surface area contributed by atoms with Crippen molar-refractivity contribution in [3.05, 3.63) is 71.4 Å². The Labute approximate surface area is 180 Å². The van der Waals surface area contributed by atoms with Gasteiger partial charge in [0.25, 0.3) is 0 Å². The molecule has 31 heavy (non-hydrogen) atoms. The minimum atomic E-state index is -1.27. The average molecular weight is 447 g/mol. The average Bonchev–Trinajstić information content (AvgIpc) is 3.25. The van der Waals surface area contributed by atoms with Crippen LogP contribution in [0.5, 0.6) is 0 Å². The SMILES string of the molecule is O=C(COCC(=O)Nc1ccc(Cl)cc1C(=O)O)Nc1cc(-c2ccoc2)ccc1F. The molecular weight excluding hydrogens is 431 g/mol. The number of carboxylic acids is 1. The number of hydrogen-bond donors (Lipinski definition) is 3. The monoisotopic (exact) mass is 446 g/mol. The van der Waals surface area contributed by atoms with Gasteiger partial charge in [-0.05, 0) is 42.0 Å². The quantitative estimate of drug-likeness (QED) is 0.481. The van der Waals surface area contributed by atoms with Crippen molar-refractivity contribution >= 4 is 40.8 Å². The van der Waals surface area contributed by atoms with Crippen LogP contribution in [0.4, 0.5) is 15.8 Å². The van der Waals surface area contributed by atoms with E-state index in [1.165, 1.54) is 42.9 Å². The van der Waals surface area contributed by atoms with E-state index in [1.807, 2.05) is 0 Å². The third kappa shape index (κ3) is 5.91. The van der Waals surface area contributed by atoms with Gasteiger partial charge in [-0.3, -0.25) is 9.59 Å². The van der Waals surface area contributed by atoms with Gasteiger partial charge in [0, 0.05) is 10.6 Å². The third-order valence-electron chi connectivity index (χ3n) is 4.05. The predicted octanol–water partition coefficient (Wildman–Crippen LogP) is 4.03. The molecule has 1 heterocycles. The Morgan fingerprint density at radius 2 is 1.68 bits per heavy atom. The third-order valence-corrected chi connectivity index (χ3v) is 4.28. The summed E-state index contributed by atoms with van der Waals surface area (Å²) in [4.78, 5) is 35.2. The standard InChI is InChI=1S/C21H16ClFN2O6/c22-14-2-4-17(15(8-14)21(28)29)24-19(26)10-31-11-20(27)25-18-7-12(1-3-16(18)23)13-5-6-30-9-13/h1-9H,10-11H2,(H,24,26)(H,25,27)(H,28,29). The molecule has 8 nitrogen and oxygen atoms in total. The van der Waals surface area contributed by atoms with E-state index in [4.69, 9.17) is 25.9 Å². The molecule has 0 unspecified atom stereocenters. The number of aromatic carboxylic acids is 1. The number of carboxylic acid groups (broad SMARTS) is 1. The fourth-order valence-corrected chi connectivity index (χ4v) is 2.81. The van der Waals surface area contributed by atoms with E-state index in [9.17, 15) is 18.8 Å². The fourth-order valence-electron chi connectivity index (χ4n) is 2.64. The van der Waals surface area contributed by atoms with Crippen molar-refractivity contribution < 1.29 is 33.0 Å². The Bertz CT molecular complexity index is 1120. The summed E-state index contributed by atoms with van der Waals surface area (Å²) >= 11 is 5.76. The first-order valence-corrected chi connectivity index (χ1v) is 9.23. The van der Waals surface area contributed by atoms with Gasteiger partial charge in [-0.2, -0.15) is 0 Å². The summed E-state index contributed by atoms with van der Waals surface area (Å²) in [7, 11) is 0. The summed E-state index contributed by atoms with van der Waals surface area (Å²) < 4.78 is 24.0. The Kier molecular flexibility index (Phi) is 7.01. The van der Waals surface area contributed by atoms with Gasteiger partial charge in [-0.15, -0.1) is 0 Å². The van der Waals surface area contributed by atoms with Gasteiger partial charge in [-0.25, -0.2) is 9.18 Å². The number of anilines is 2. The molecule has 0 aliphatic rings. The number of hydrogen-bond acceptors (Lipinski definition) is 5. The molecule has 0 radical (unpaired) electrons. The molecule has 0 aliphatic heterocycles. The molecule has 2 aromatic carbocycles. The lowest BCUT2D eigenvalue weighted by molar-refractivity contribution is -0.125. The van der Waals surface area contributed by atoms with Crippen LogP contribution < -0.4 is 10.6 Å². The van der Waals surface area contributed by atoms with Gasteiger partial charge >= 0.3 is 5.97 Å². The number of carbonyl (C=O) groups excluding carboxylic acids is 2. The van der Waals surface area contributed by atoms with Crippen LogP contribution >= 0.6 is 11.6 Å². The highest BCUT2D eigenvalue weighted by Gasteiger charge is 2.14. The van der Waals surface area contributed by atoms with Crippen molar-refractivity contribution in [1.82, 2.24) is 0 Å². The van der Waals surface area contributed by atoms with Crippen molar-refractivity contribution in [2.24, 2.45) is 0 Å². The number of rotatable bonds is 8. The number of amides is 2. The van der Waals surface area contributed by atoms with E-state index in [0.717, 1.165) is 0 Å². The summed E-state index contributed by atoms with van der Waals surface area (Å²) in [5.41, 5.74) is 1.15. The van der Waals surface area contributed by atoms with E-state index in [1.54, 1.807) is 12.1 Å². The lowest BCUT2D eigenvalue weighted by Crippen LogP contribution is -2.24. The van der Waals surface area contributed by atoms with E-state index < -0.39 is 36.8 Å². The van der Waals surface area contributed by atoms with Gasteiger partial charge in [0.2, 0.25) is 11.8 Å². The Hall–Kier alpha value is -3.69. The van der Waals surface area contributed by atoms with Crippen LogP contribution in [0.3, 0.4) is 0 Å². The number of nitrogens with one attached hydrogen (secondary N) is 2. The molecule has 3 N–H and O–H groups in total. The van der Waals surface area contributed by atoms with Gasteiger partial charge in [0.05, 0.1) is 29.5 Å². The number of halogens is 2. The maximum absolute atomic E-state index is 14.0. The fraction of sp³-hybridized carbons (Fsp3) is 0.0952. The Balaban J connectivity index is 1.52. The highest BCUT2D eigenvalue weighted by Crippen LogP contribution is 2.25. The second kappa shape index (κ2) is 9.88. The van der Waals surface area contributed by atoms with Gasteiger partial charge < -0.3 is 24.9 Å². The summed E-state index contributed by atoms with van der Waals surface area (Å²) in [5.74, 6) is -3.25. The topological polar surface area (TPSA) is 118 Å². The van der Waals surface area contributed by atoms with Crippen molar-refractivity contribution in [3.63, 3.8) is 0 Å². The Morgan fingerprint density at radius 3 is 2.32 bits per heavy atom. The highest BCUT2D eigenvalue weighted by atomic mass is 35.5. The maximum Gasteiger partial charge on any atom is 0.337 e. The zero-order chi connectivity index (χ0) is 22.4. The molecule has 0 bridgehead atoms. The number of ether oxygens (including phenoxy) is 1. The Morgan fingerprint density at radius 1 is 0.968 bits per heavy atom. The van der Waals surface area contributed by atoms with Crippen LogP contribution in [-0.2, 0) is 14.3 Å². The summed E-state index contributed by atoms with van der Waals surface area (Å²) in [6.07, 6.45) is 2.95. The first kappa shape index (κ1) is 22.0. The summed E-state index contributed by atoms with van der Waals surface area (Å²) in [6.45, 7) is -1.04. The number of furan rings is 1. The van der Waals surface area contributed by atoms with E-state index in [2.05, 4.69) is 10.6 Å². The first-order valence-electron chi connectivity index (χ1n) is 8.86. The van der Waals surface area contributed by atoms with Crippen LogP contribution in [0.15, 0.2) is 59.4 Å². The lowest BCUT2D eigenvalue weighted by Gasteiger charge is -2.10. The molecule has 10 heteroatoms. The van der Waals surface area contributed by atoms with Gasteiger partial charge in [0.1, 0.15) is 19.0 Å². The minimum Gasteiger partial charge on any atom is -0.478 e. The predicted molar refractivity (Wildman–Crippen MR) is 111 cm³/mol. The molecular formula is C21H16ClFN2O6. The molecule has 0 aliphatic carbocycles. The van der Waals surface area contributed by atoms with Crippen LogP contribution in [0.1, 0.15) is 10.4 Å². The zero-order valence-electron chi connectivity index (χ0n) is 15.9. The largest absolute Gasteiger partial charge is 0.478 e. The summed E-state index contributed by atoms with van der Waals surface area (Å²) in [6, 6.07) is 9.84. The van der Waals surface area contributed by atoms with Crippen LogP contribution in [-0.4, -0.2) is 36.1 Å². The zero-order valence-corrected chi connectivity index (χ0v) is 16.6. The molecule has 0 spiro atoms. The van der Waals surface area contributed by atoms with Crippen LogP contribution in [0.2, 0.25) is 5.02 Å². The molecule has 1 aromatic heterocycles. The molecule has 0 saturated heterocycles. The first-order chi connectivity index (χ1) is 14.8. The molecule has 0 atom stereocenters. The molecule has 2 amide bonds. The van der Waals surface area contributed by atoms with Crippen LogP contribution in [0, 0.1) is 5.82 Å². The number of carbonyl (C=O) groups is 3. The highest BCUT2D eigenvalue weighted by molar-refractivity contribution is 6.31. The van der Waals surface area contributed by atoms with Crippen LogP contribution in [0.25, 0.3) is 11.1 Å². The normalized spacial score (nSPS) is 10.5. The van der Waals surface area contributed by atoms with E-state index in [0.29, 0.717) is 11.1 Å². The lowest BCUT2D eigenvalue weighted by atomic mass is 10.1.